The third-order valence-corrected chi connectivity index (χ3v) is 6.42. The van der Waals surface area contributed by atoms with Gasteiger partial charge in [-0.2, -0.15) is 0 Å². The first-order valence-electron chi connectivity index (χ1n) is 11.0. The van der Waals surface area contributed by atoms with Crippen molar-refractivity contribution >= 4 is 28.6 Å². The van der Waals surface area contributed by atoms with Gasteiger partial charge in [0.1, 0.15) is 11.9 Å². The number of ether oxygens (including phenoxy) is 1. The summed E-state index contributed by atoms with van der Waals surface area (Å²) in [6, 6.07) is 14.0. The molecule has 5 rings (SSSR count). The lowest BCUT2D eigenvalue weighted by atomic mass is 9.85. The monoisotopic (exact) mass is 462 g/mol. The highest BCUT2D eigenvalue weighted by atomic mass is 35.5. The molecule has 2 N–H and O–H groups in total. The number of hydrogen-bond acceptors (Lipinski definition) is 5. The third kappa shape index (κ3) is 4.83. The van der Waals surface area contributed by atoms with Crippen molar-refractivity contribution in [2.75, 3.05) is 0 Å². The van der Waals surface area contributed by atoms with E-state index in [4.69, 9.17) is 21.4 Å². The molecule has 33 heavy (non-hydrogen) atoms. The Hall–Kier alpha value is -3.45. The predicted octanol–water partition coefficient (Wildman–Crippen LogP) is 5.75. The largest absolute Gasteiger partial charge is 0.481 e. The summed E-state index contributed by atoms with van der Waals surface area (Å²) in [4.78, 5) is 27.5. The number of halogens is 1. The van der Waals surface area contributed by atoms with Gasteiger partial charge >= 0.3 is 12.0 Å². The molecule has 1 aliphatic carbocycles. The van der Waals surface area contributed by atoms with Crippen LogP contribution in [-0.2, 0) is 4.79 Å². The maximum Gasteiger partial charge on any atom is 0.316 e. The van der Waals surface area contributed by atoms with E-state index >= 15 is 0 Å². The van der Waals surface area contributed by atoms with Crippen LogP contribution >= 0.6 is 11.6 Å². The number of imidazole rings is 1. The van der Waals surface area contributed by atoms with Gasteiger partial charge in [0.2, 0.25) is 0 Å². The smallest absolute Gasteiger partial charge is 0.316 e. The van der Waals surface area contributed by atoms with Crippen LogP contribution in [0.2, 0.25) is 5.02 Å². The van der Waals surface area contributed by atoms with Gasteiger partial charge in [-0.05, 0) is 61.4 Å². The molecule has 0 radical (unpaired) electrons. The number of aromatic amines is 1. The van der Waals surface area contributed by atoms with E-state index in [0.717, 1.165) is 59.2 Å². The van der Waals surface area contributed by atoms with Crippen LogP contribution in [-0.4, -0.2) is 37.1 Å². The zero-order valence-corrected chi connectivity index (χ0v) is 18.6. The number of rotatable bonds is 6. The van der Waals surface area contributed by atoms with Crippen molar-refractivity contribution in [3.8, 4) is 28.5 Å². The van der Waals surface area contributed by atoms with Gasteiger partial charge < -0.3 is 14.8 Å². The number of fused-ring (bicyclic) bond motifs is 1. The molecule has 0 unspecified atom stereocenters. The van der Waals surface area contributed by atoms with Crippen molar-refractivity contribution in [3.63, 3.8) is 0 Å². The molecule has 168 valence electrons. The Kier molecular flexibility index (Phi) is 5.96. The maximum absolute atomic E-state index is 10.9. The number of nitrogens with one attached hydrogen (secondary N) is 1. The molecule has 7 nitrogen and oxygen atoms in total. The van der Waals surface area contributed by atoms with Crippen LogP contribution in [0.5, 0.6) is 6.01 Å². The van der Waals surface area contributed by atoms with Gasteiger partial charge in [-0.1, -0.05) is 29.8 Å². The fourth-order valence-electron chi connectivity index (χ4n) is 4.34. The first-order valence-corrected chi connectivity index (χ1v) is 11.4. The van der Waals surface area contributed by atoms with Gasteiger partial charge in [-0.3, -0.25) is 4.79 Å². The maximum atomic E-state index is 10.9. The van der Waals surface area contributed by atoms with Crippen molar-refractivity contribution in [2.45, 2.75) is 38.2 Å². The minimum atomic E-state index is -0.732. The van der Waals surface area contributed by atoms with E-state index in [0.29, 0.717) is 11.0 Å². The van der Waals surface area contributed by atoms with E-state index in [1.807, 2.05) is 42.5 Å². The number of nitrogens with zero attached hydrogens (tertiary/aromatic N) is 3. The Morgan fingerprint density at radius 1 is 1.06 bits per heavy atom. The van der Waals surface area contributed by atoms with E-state index in [2.05, 4.69) is 19.9 Å². The van der Waals surface area contributed by atoms with Crippen molar-refractivity contribution in [1.82, 2.24) is 19.9 Å². The van der Waals surface area contributed by atoms with Crippen molar-refractivity contribution in [1.29, 1.82) is 0 Å². The second-order valence-electron chi connectivity index (χ2n) is 8.41. The summed E-state index contributed by atoms with van der Waals surface area (Å²) >= 11 is 6.58. The summed E-state index contributed by atoms with van der Waals surface area (Å²) < 4.78 is 5.92. The molecule has 0 bridgehead atoms. The number of benzene rings is 2. The molecule has 0 aliphatic heterocycles. The number of H-pyrrole nitrogens is 1. The summed E-state index contributed by atoms with van der Waals surface area (Å²) in [5, 5.41) is 9.53. The van der Waals surface area contributed by atoms with Gasteiger partial charge in [0.15, 0.2) is 0 Å². The molecule has 0 spiro atoms. The van der Waals surface area contributed by atoms with Crippen molar-refractivity contribution < 1.29 is 14.6 Å². The third-order valence-electron chi connectivity index (χ3n) is 6.10. The molecule has 0 atom stereocenters. The predicted molar refractivity (Wildman–Crippen MR) is 126 cm³/mol. The fraction of sp³-hybridized carbons (Fsp3) is 0.280. The Labute approximate surface area is 195 Å². The molecule has 1 saturated carbocycles. The minimum absolute atomic E-state index is 0.0263. The van der Waals surface area contributed by atoms with E-state index in [1.54, 1.807) is 12.4 Å². The number of carboxylic acid groups (broad SMARTS) is 1. The lowest BCUT2D eigenvalue weighted by molar-refractivity contribution is -0.138. The summed E-state index contributed by atoms with van der Waals surface area (Å²) in [5.41, 5.74) is 4.43. The minimum Gasteiger partial charge on any atom is -0.481 e. The highest BCUT2D eigenvalue weighted by Gasteiger charge is 2.24. The zero-order valence-electron chi connectivity index (χ0n) is 17.9. The average molecular weight is 463 g/mol. The lowest BCUT2D eigenvalue weighted by Crippen LogP contribution is -2.25. The Morgan fingerprint density at radius 3 is 2.52 bits per heavy atom. The summed E-state index contributed by atoms with van der Waals surface area (Å²) in [6.07, 6.45) is 7.06. The zero-order chi connectivity index (χ0) is 22.8. The molecular weight excluding hydrogens is 440 g/mol. The fourth-order valence-corrected chi connectivity index (χ4v) is 4.61. The van der Waals surface area contributed by atoms with Gasteiger partial charge in [0.25, 0.3) is 0 Å². The number of aliphatic carboxylic acids is 1. The summed E-state index contributed by atoms with van der Waals surface area (Å²) in [7, 11) is 0. The molecule has 1 fully saturated rings. The average Bonchev–Trinajstić information content (AvgIpc) is 3.24. The molecule has 2 aromatic heterocycles. The van der Waals surface area contributed by atoms with E-state index in [-0.39, 0.29) is 18.4 Å². The second kappa shape index (κ2) is 9.19. The number of hydrogen-bond donors (Lipinski definition) is 2. The van der Waals surface area contributed by atoms with Gasteiger partial charge in [-0.15, -0.1) is 0 Å². The second-order valence-corrected chi connectivity index (χ2v) is 8.82. The van der Waals surface area contributed by atoms with E-state index in [9.17, 15) is 4.79 Å². The van der Waals surface area contributed by atoms with Gasteiger partial charge in [-0.25, -0.2) is 15.0 Å². The van der Waals surface area contributed by atoms with Crippen LogP contribution in [0.15, 0.2) is 54.9 Å². The summed E-state index contributed by atoms with van der Waals surface area (Å²) in [6.45, 7) is 0. The van der Waals surface area contributed by atoms with Crippen LogP contribution in [0.4, 0.5) is 0 Å². The number of aromatic nitrogens is 4. The van der Waals surface area contributed by atoms with Crippen LogP contribution in [0.1, 0.15) is 32.1 Å². The molecule has 8 heteroatoms. The van der Waals surface area contributed by atoms with Crippen LogP contribution in [0, 0.1) is 5.92 Å². The Balaban J connectivity index is 1.25. The molecule has 0 saturated heterocycles. The van der Waals surface area contributed by atoms with Crippen molar-refractivity contribution in [2.24, 2.45) is 5.92 Å². The molecule has 4 aromatic rings. The molecular formula is C25H23ClN4O3. The summed E-state index contributed by atoms with van der Waals surface area (Å²) in [5.74, 6) is 0.229. The number of carbonyl (C=O) groups is 1. The molecule has 1 aliphatic rings. The standard InChI is InChI=1S/C25H23ClN4O3/c26-20-12-16(7-10-19(20)24-29-21-3-1-2-4-22(21)30-24)17-13-27-25(28-14-17)33-18-8-5-15(6-9-18)11-23(31)32/h1-4,7,10,12-15,18H,5-6,8-9,11H2,(H,29,30)(H,31,32). The van der Waals surface area contributed by atoms with Gasteiger partial charge in [0.05, 0.1) is 16.1 Å². The molecule has 0 amide bonds. The normalized spacial score (nSPS) is 18.3. The Morgan fingerprint density at radius 2 is 1.82 bits per heavy atom. The molecule has 2 heterocycles. The quantitative estimate of drug-likeness (QED) is 0.378. The van der Waals surface area contributed by atoms with E-state index < -0.39 is 5.97 Å². The van der Waals surface area contributed by atoms with Crippen LogP contribution in [0.3, 0.4) is 0 Å². The van der Waals surface area contributed by atoms with Crippen LogP contribution in [0.25, 0.3) is 33.5 Å². The number of para-hydroxylation sites is 2. The van der Waals surface area contributed by atoms with E-state index in [1.165, 1.54) is 0 Å². The highest BCUT2D eigenvalue weighted by Crippen LogP contribution is 2.32. The highest BCUT2D eigenvalue weighted by molar-refractivity contribution is 6.33. The topological polar surface area (TPSA) is 101 Å². The van der Waals surface area contributed by atoms with Gasteiger partial charge in [0, 0.05) is 29.9 Å². The van der Waals surface area contributed by atoms with Crippen LogP contribution < -0.4 is 4.74 Å². The number of carboxylic acids is 1. The first-order chi connectivity index (χ1) is 16.0. The molecule has 2 aromatic carbocycles. The Bertz CT molecular complexity index is 1250. The lowest BCUT2D eigenvalue weighted by Gasteiger charge is -2.27. The van der Waals surface area contributed by atoms with Crippen molar-refractivity contribution in [3.05, 3.63) is 59.9 Å². The first kappa shape index (κ1) is 21.4. The SMILES string of the molecule is O=C(O)CC1CCC(Oc2ncc(-c3ccc(-c4nc5ccccc5[nH]4)c(Cl)c3)cn2)CC1.